The summed E-state index contributed by atoms with van der Waals surface area (Å²) in [5.41, 5.74) is -1.80. The molecular weight excluding hydrogens is 400 g/mol. The molecule has 7 heteroatoms. The number of carbonyl (C=O) groups is 3. The highest BCUT2D eigenvalue weighted by molar-refractivity contribution is 6.01. The van der Waals surface area contributed by atoms with Crippen LogP contribution in [-0.4, -0.2) is 52.9 Å². The topological polar surface area (TPSA) is 110 Å². The van der Waals surface area contributed by atoms with E-state index in [1.54, 1.807) is 19.1 Å². The third-order valence-corrected chi connectivity index (χ3v) is 8.69. The molecule has 0 aromatic carbocycles. The van der Waals surface area contributed by atoms with Crippen molar-refractivity contribution in [3.05, 3.63) is 23.8 Å². The summed E-state index contributed by atoms with van der Waals surface area (Å²) in [6.07, 6.45) is 6.40. The maximum atomic E-state index is 13.0. The van der Waals surface area contributed by atoms with Gasteiger partial charge in [0.25, 0.3) is 0 Å². The van der Waals surface area contributed by atoms with E-state index < -0.39 is 41.1 Å². The molecule has 4 rings (SSSR count). The van der Waals surface area contributed by atoms with Crippen molar-refractivity contribution >= 4 is 17.7 Å². The van der Waals surface area contributed by atoms with Crippen LogP contribution in [0.1, 0.15) is 52.9 Å². The van der Waals surface area contributed by atoms with Gasteiger partial charge in [0.05, 0.1) is 12.7 Å². The largest absolute Gasteiger partial charge is 0.508 e. The number of ether oxygens (including phenoxy) is 2. The van der Waals surface area contributed by atoms with Gasteiger partial charge in [0, 0.05) is 16.7 Å². The minimum Gasteiger partial charge on any atom is -0.435 e. The van der Waals surface area contributed by atoms with Crippen LogP contribution in [0, 0.1) is 28.6 Å². The number of aliphatic hydroxyl groups excluding tert-OH is 1. The van der Waals surface area contributed by atoms with Gasteiger partial charge in [-0.3, -0.25) is 9.59 Å². The minimum atomic E-state index is -1.66. The number of Topliss-reactive ketones (excluding diaryl/α,β-unsaturated/α-hetero) is 1. The smallest absolute Gasteiger partial charge is 0.435 e. The molecule has 1 unspecified atom stereocenters. The summed E-state index contributed by atoms with van der Waals surface area (Å²) in [4.78, 5) is 36.4. The molecule has 0 saturated heterocycles. The fourth-order valence-electron chi connectivity index (χ4n) is 7.19. The highest BCUT2D eigenvalue weighted by Crippen LogP contribution is 2.67. The van der Waals surface area contributed by atoms with E-state index in [1.165, 1.54) is 0 Å². The van der Waals surface area contributed by atoms with Gasteiger partial charge in [-0.05, 0) is 63.0 Å². The van der Waals surface area contributed by atoms with Crippen LogP contribution in [0.5, 0.6) is 0 Å². The van der Waals surface area contributed by atoms with Gasteiger partial charge in [-0.2, -0.15) is 0 Å². The summed E-state index contributed by atoms with van der Waals surface area (Å²) in [6, 6.07) is 0. The zero-order valence-corrected chi connectivity index (χ0v) is 18.4. The molecule has 0 aliphatic heterocycles. The van der Waals surface area contributed by atoms with Crippen molar-refractivity contribution < 1.29 is 34.1 Å². The van der Waals surface area contributed by atoms with Gasteiger partial charge in [0.15, 0.2) is 12.4 Å². The van der Waals surface area contributed by atoms with Crippen LogP contribution in [0.3, 0.4) is 0 Å². The van der Waals surface area contributed by atoms with Crippen LogP contribution in [0.2, 0.25) is 0 Å². The molecule has 2 N–H and O–H groups in total. The summed E-state index contributed by atoms with van der Waals surface area (Å²) in [6.45, 7) is 5.21. The van der Waals surface area contributed by atoms with Crippen molar-refractivity contribution in [2.75, 3.05) is 13.2 Å². The summed E-state index contributed by atoms with van der Waals surface area (Å²) >= 11 is 0. The zero-order chi connectivity index (χ0) is 22.6. The lowest BCUT2D eigenvalue weighted by Gasteiger charge is -2.59. The molecule has 0 spiro atoms. The molecule has 4 aliphatic carbocycles. The second-order valence-electron chi connectivity index (χ2n) is 10.0. The average Bonchev–Trinajstić information content (AvgIpc) is 2.98. The molecule has 3 saturated carbocycles. The first-order chi connectivity index (χ1) is 14.6. The second kappa shape index (κ2) is 7.55. The van der Waals surface area contributed by atoms with E-state index in [1.807, 2.05) is 13.0 Å². The average molecular weight is 433 g/mol. The van der Waals surface area contributed by atoms with Crippen LogP contribution in [0.25, 0.3) is 0 Å². The molecule has 4 aliphatic rings. The number of ketones is 2. The van der Waals surface area contributed by atoms with Crippen molar-refractivity contribution in [1.82, 2.24) is 0 Å². The van der Waals surface area contributed by atoms with Crippen LogP contribution >= 0.6 is 0 Å². The van der Waals surface area contributed by atoms with E-state index in [0.717, 1.165) is 18.4 Å². The van der Waals surface area contributed by atoms with E-state index in [-0.39, 0.29) is 43.0 Å². The lowest BCUT2D eigenvalue weighted by molar-refractivity contribution is -0.178. The number of hydrogen-bond donors (Lipinski definition) is 2. The number of allylic oxidation sites excluding steroid dienone is 4. The molecule has 170 valence electrons. The molecule has 0 amide bonds. The van der Waals surface area contributed by atoms with Crippen LogP contribution in [-0.2, 0) is 19.1 Å². The van der Waals surface area contributed by atoms with E-state index in [2.05, 4.69) is 6.92 Å². The van der Waals surface area contributed by atoms with Crippen LogP contribution in [0.4, 0.5) is 4.79 Å². The Balaban J connectivity index is 1.60. The van der Waals surface area contributed by atoms with E-state index in [4.69, 9.17) is 9.47 Å². The quantitative estimate of drug-likeness (QED) is 0.657. The van der Waals surface area contributed by atoms with Gasteiger partial charge >= 0.3 is 6.16 Å². The Labute approximate surface area is 182 Å². The van der Waals surface area contributed by atoms with Gasteiger partial charge < -0.3 is 19.7 Å². The fraction of sp³-hybridized carbons (Fsp3) is 0.708. The van der Waals surface area contributed by atoms with Gasteiger partial charge in [-0.1, -0.05) is 25.5 Å². The monoisotopic (exact) mass is 432 g/mol. The lowest BCUT2D eigenvalue weighted by Crippen LogP contribution is -2.61. The Morgan fingerprint density at radius 2 is 1.97 bits per heavy atom. The summed E-state index contributed by atoms with van der Waals surface area (Å²) in [7, 11) is 0. The molecule has 0 radical (unpaired) electrons. The molecular formula is C24H32O7. The van der Waals surface area contributed by atoms with Crippen LogP contribution < -0.4 is 0 Å². The predicted octanol–water partition coefficient (Wildman–Crippen LogP) is 2.74. The van der Waals surface area contributed by atoms with Crippen LogP contribution in [0.15, 0.2) is 23.8 Å². The van der Waals surface area contributed by atoms with Crippen molar-refractivity contribution in [2.45, 2.75) is 64.6 Å². The van der Waals surface area contributed by atoms with Crippen molar-refractivity contribution in [3.8, 4) is 0 Å². The number of fused-ring (bicyclic) bond motifs is 5. The number of aliphatic hydroxyl groups is 2. The number of rotatable bonds is 4. The highest BCUT2D eigenvalue weighted by atomic mass is 16.7. The number of carbonyl (C=O) groups excluding carboxylic acids is 3. The normalized spacial score (nSPS) is 43.4. The highest BCUT2D eigenvalue weighted by Gasteiger charge is 2.68. The Bertz CT molecular complexity index is 860. The summed E-state index contributed by atoms with van der Waals surface area (Å²) in [5, 5.41) is 22.8. The van der Waals surface area contributed by atoms with Gasteiger partial charge in [0.1, 0.15) is 5.60 Å². The Morgan fingerprint density at radius 1 is 1.23 bits per heavy atom. The third kappa shape index (κ3) is 3.20. The standard InChI is InChI=1S/C24H32O7/c1-4-30-21(28)31-13-19(27)24(29)10-8-17-16-6-5-14-11-15(25)7-9-22(14,2)20(16)18(26)12-23(17,24)3/h7,9,11,16-18,20,26,29H,4-6,8,10,12-13H2,1-3H3/t16-,17-,18-,20?,22-,23-,24-/m0/s1. The Morgan fingerprint density at radius 3 is 2.68 bits per heavy atom. The van der Waals surface area contributed by atoms with Gasteiger partial charge in [-0.15, -0.1) is 0 Å². The van der Waals surface area contributed by atoms with Crippen molar-refractivity contribution in [3.63, 3.8) is 0 Å². The zero-order valence-electron chi connectivity index (χ0n) is 18.4. The molecule has 3 fully saturated rings. The van der Waals surface area contributed by atoms with E-state index in [0.29, 0.717) is 6.42 Å². The van der Waals surface area contributed by atoms with Gasteiger partial charge in [0.2, 0.25) is 5.78 Å². The molecule has 0 heterocycles. The van der Waals surface area contributed by atoms with Gasteiger partial charge in [-0.25, -0.2) is 4.79 Å². The maximum Gasteiger partial charge on any atom is 0.508 e. The summed E-state index contributed by atoms with van der Waals surface area (Å²) < 4.78 is 9.60. The Kier molecular flexibility index (Phi) is 5.41. The molecule has 7 atom stereocenters. The molecule has 0 aromatic heterocycles. The van der Waals surface area contributed by atoms with Crippen molar-refractivity contribution in [2.24, 2.45) is 28.6 Å². The lowest BCUT2D eigenvalue weighted by atomic mass is 9.46. The van der Waals surface area contributed by atoms with E-state index >= 15 is 0 Å². The predicted molar refractivity (Wildman–Crippen MR) is 111 cm³/mol. The molecule has 0 bridgehead atoms. The third-order valence-electron chi connectivity index (χ3n) is 8.69. The first-order valence-corrected chi connectivity index (χ1v) is 11.2. The molecule has 0 aromatic rings. The minimum absolute atomic E-state index is 0.0106. The second-order valence-corrected chi connectivity index (χ2v) is 10.0. The first kappa shape index (κ1) is 22.2. The van der Waals surface area contributed by atoms with Crippen molar-refractivity contribution in [1.29, 1.82) is 0 Å². The fourth-order valence-corrected chi connectivity index (χ4v) is 7.19. The van der Waals surface area contributed by atoms with E-state index in [9.17, 15) is 24.6 Å². The molecule has 7 nitrogen and oxygen atoms in total. The summed E-state index contributed by atoms with van der Waals surface area (Å²) in [5.74, 6) is -0.433. The first-order valence-electron chi connectivity index (χ1n) is 11.2. The molecule has 31 heavy (non-hydrogen) atoms. The Hall–Kier alpha value is -1.99. The maximum absolute atomic E-state index is 13.0. The number of hydrogen-bond acceptors (Lipinski definition) is 7. The SMILES string of the molecule is CCOC(=O)OCC(=O)[C@@]1(O)CC[C@H]2[C@@H]3CCC4=CC(=O)C=C[C@]4(C)C3[C@@H](O)C[C@@]21C.